The van der Waals surface area contributed by atoms with E-state index in [9.17, 15) is 0 Å². The van der Waals surface area contributed by atoms with Gasteiger partial charge in [-0.3, -0.25) is 4.90 Å². The van der Waals surface area contributed by atoms with Crippen LogP contribution in [0.2, 0.25) is 0 Å². The maximum Gasteiger partial charge on any atom is 0.225 e. The smallest absolute Gasteiger partial charge is 0.225 e. The van der Waals surface area contributed by atoms with Gasteiger partial charge in [-0.25, -0.2) is 9.97 Å². The summed E-state index contributed by atoms with van der Waals surface area (Å²) in [6, 6.07) is 0.882. The lowest BCUT2D eigenvalue weighted by Crippen LogP contribution is -2.47. The van der Waals surface area contributed by atoms with Crippen molar-refractivity contribution >= 4 is 21.9 Å². The van der Waals surface area contributed by atoms with Crippen LogP contribution >= 0.6 is 15.9 Å². The Bertz CT molecular complexity index is 355. The monoisotopic (exact) mass is 282 g/mol. The van der Waals surface area contributed by atoms with E-state index in [-0.39, 0.29) is 0 Å². The van der Waals surface area contributed by atoms with Gasteiger partial charge in [0.1, 0.15) is 0 Å². The van der Waals surface area contributed by atoms with Crippen LogP contribution in [-0.4, -0.2) is 47.1 Å². The first-order valence-corrected chi connectivity index (χ1v) is 6.59. The van der Waals surface area contributed by atoms with Crippen molar-refractivity contribution in [3.05, 3.63) is 16.9 Å². The Kier molecular flexibility index (Phi) is 2.81. The molecule has 0 unspecified atom stereocenters. The molecule has 2 heterocycles. The van der Waals surface area contributed by atoms with Crippen molar-refractivity contribution in [3.8, 4) is 0 Å². The molecule has 0 spiro atoms. The van der Waals surface area contributed by atoms with E-state index in [1.165, 1.54) is 12.8 Å². The van der Waals surface area contributed by atoms with E-state index in [2.05, 4.69) is 35.7 Å². The van der Waals surface area contributed by atoms with E-state index >= 15 is 0 Å². The van der Waals surface area contributed by atoms with Crippen molar-refractivity contribution in [1.29, 1.82) is 0 Å². The van der Waals surface area contributed by atoms with E-state index < -0.39 is 0 Å². The fourth-order valence-electron chi connectivity index (χ4n) is 2.20. The zero-order valence-electron chi connectivity index (χ0n) is 9.14. The van der Waals surface area contributed by atoms with Crippen LogP contribution in [0.4, 0.5) is 5.95 Å². The molecular formula is C11H15BrN4. The van der Waals surface area contributed by atoms with Crippen molar-refractivity contribution in [1.82, 2.24) is 14.9 Å². The summed E-state index contributed by atoms with van der Waals surface area (Å²) in [6.07, 6.45) is 6.43. The van der Waals surface area contributed by atoms with Gasteiger partial charge in [-0.05, 0) is 28.8 Å². The largest absolute Gasteiger partial charge is 0.338 e. The van der Waals surface area contributed by atoms with Crippen LogP contribution in [0.1, 0.15) is 12.8 Å². The minimum atomic E-state index is 0.860. The minimum absolute atomic E-state index is 0.860. The Labute approximate surface area is 104 Å². The second-order valence-electron chi connectivity index (χ2n) is 4.46. The third kappa shape index (κ3) is 2.20. The topological polar surface area (TPSA) is 32.3 Å². The van der Waals surface area contributed by atoms with Gasteiger partial charge in [0.25, 0.3) is 0 Å². The van der Waals surface area contributed by atoms with Crippen molar-refractivity contribution in [2.24, 2.45) is 0 Å². The number of anilines is 1. The van der Waals surface area contributed by atoms with E-state index in [0.717, 1.165) is 42.6 Å². The predicted molar refractivity (Wildman–Crippen MR) is 66.5 cm³/mol. The number of nitrogens with zero attached hydrogens (tertiary/aromatic N) is 4. The third-order valence-electron chi connectivity index (χ3n) is 3.27. The highest BCUT2D eigenvalue weighted by atomic mass is 79.9. The van der Waals surface area contributed by atoms with Crippen LogP contribution in [-0.2, 0) is 0 Å². The molecule has 1 saturated heterocycles. The molecule has 86 valence electrons. The first kappa shape index (κ1) is 10.5. The molecule has 0 atom stereocenters. The zero-order valence-corrected chi connectivity index (χ0v) is 10.7. The Morgan fingerprint density at radius 3 is 2.25 bits per heavy atom. The van der Waals surface area contributed by atoms with Gasteiger partial charge >= 0.3 is 0 Å². The molecule has 1 aliphatic heterocycles. The van der Waals surface area contributed by atoms with Crippen molar-refractivity contribution in [2.75, 3.05) is 31.1 Å². The number of piperazine rings is 1. The zero-order chi connectivity index (χ0) is 11.0. The molecule has 1 aromatic heterocycles. The molecule has 2 fully saturated rings. The second kappa shape index (κ2) is 4.30. The highest BCUT2D eigenvalue weighted by Crippen LogP contribution is 2.27. The van der Waals surface area contributed by atoms with Gasteiger partial charge in [-0.2, -0.15) is 0 Å². The quantitative estimate of drug-likeness (QED) is 0.824. The molecule has 5 heteroatoms. The lowest BCUT2D eigenvalue weighted by atomic mass is 10.3. The van der Waals surface area contributed by atoms with Crippen LogP contribution in [0.15, 0.2) is 16.9 Å². The summed E-state index contributed by atoms with van der Waals surface area (Å²) in [6.45, 7) is 4.42. The fraction of sp³-hybridized carbons (Fsp3) is 0.636. The van der Waals surface area contributed by atoms with E-state index in [1.54, 1.807) is 0 Å². The standard InChI is InChI=1S/C11H15BrN4/c12-9-7-13-11(14-8-9)16-5-3-15(4-6-16)10-1-2-10/h7-8,10H,1-6H2. The molecule has 0 amide bonds. The SMILES string of the molecule is Brc1cnc(N2CCN(C3CC3)CC2)nc1. The van der Waals surface area contributed by atoms with E-state index in [0.29, 0.717) is 0 Å². The highest BCUT2D eigenvalue weighted by molar-refractivity contribution is 9.10. The Morgan fingerprint density at radius 2 is 1.69 bits per heavy atom. The molecule has 1 saturated carbocycles. The Balaban J connectivity index is 1.62. The first-order chi connectivity index (χ1) is 7.83. The van der Waals surface area contributed by atoms with E-state index in [4.69, 9.17) is 0 Å². The molecular weight excluding hydrogens is 268 g/mol. The van der Waals surface area contributed by atoms with Gasteiger partial charge in [0, 0.05) is 44.6 Å². The van der Waals surface area contributed by atoms with Gasteiger partial charge in [-0.1, -0.05) is 0 Å². The average molecular weight is 283 g/mol. The molecule has 1 aromatic rings. The number of halogens is 1. The Morgan fingerprint density at radius 1 is 1.06 bits per heavy atom. The molecule has 16 heavy (non-hydrogen) atoms. The molecule has 0 radical (unpaired) electrons. The lowest BCUT2D eigenvalue weighted by molar-refractivity contribution is 0.247. The summed E-state index contributed by atoms with van der Waals surface area (Å²) >= 11 is 3.35. The maximum atomic E-state index is 4.34. The number of hydrogen-bond acceptors (Lipinski definition) is 4. The lowest BCUT2D eigenvalue weighted by Gasteiger charge is -2.34. The molecule has 0 bridgehead atoms. The predicted octanol–water partition coefficient (Wildman–Crippen LogP) is 1.52. The summed E-state index contributed by atoms with van der Waals surface area (Å²) < 4.78 is 0.938. The summed E-state index contributed by atoms with van der Waals surface area (Å²) in [4.78, 5) is 13.5. The van der Waals surface area contributed by atoms with Crippen LogP contribution in [0, 0.1) is 0 Å². The third-order valence-corrected chi connectivity index (χ3v) is 3.68. The van der Waals surface area contributed by atoms with Gasteiger partial charge in [0.2, 0.25) is 5.95 Å². The van der Waals surface area contributed by atoms with Crippen molar-refractivity contribution < 1.29 is 0 Å². The van der Waals surface area contributed by atoms with Crippen molar-refractivity contribution in [2.45, 2.75) is 18.9 Å². The van der Waals surface area contributed by atoms with Crippen LogP contribution < -0.4 is 4.90 Å². The molecule has 0 aromatic carbocycles. The van der Waals surface area contributed by atoms with Crippen LogP contribution in [0.25, 0.3) is 0 Å². The summed E-state index contributed by atoms with van der Waals surface area (Å²) in [5, 5.41) is 0. The first-order valence-electron chi connectivity index (χ1n) is 5.79. The summed E-state index contributed by atoms with van der Waals surface area (Å²) in [5.74, 6) is 0.860. The fourth-order valence-corrected chi connectivity index (χ4v) is 2.40. The number of rotatable bonds is 2. The molecule has 0 N–H and O–H groups in total. The van der Waals surface area contributed by atoms with Gasteiger partial charge in [0.05, 0.1) is 4.47 Å². The highest BCUT2D eigenvalue weighted by Gasteiger charge is 2.31. The minimum Gasteiger partial charge on any atom is -0.338 e. The number of hydrogen-bond donors (Lipinski definition) is 0. The summed E-state index contributed by atoms with van der Waals surface area (Å²) in [7, 11) is 0. The van der Waals surface area contributed by atoms with Gasteiger partial charge < -0.3 is 4.90 Å². The molecule has 3 rings (SSSR count). The second-order valence-corrected chi connectivity index (χ2v) is 5.37. The van der Waals surface area contributed by atoms with Gasteiger partial charge in [0.15, 0.2) is 0 Å². The van der Waals surface area contributed by atoms with E-state index in [1.807, 2.05) is 12.4 Å². The maximum absolute atomic E-state index is 4.34. The van der Waals surface area contributed by atoms with Crippen LogP contribution in [0.5, 0.6) is 0 Å². The average Bonchev–Trinajstić information content (AvgIpc) is 3.14. The molecule has 2 aliphatic rings. The molecule has 4 nitrogen and oxygen atoms in total. The normalized spacial score (nSPS) is 22.4. The summed E-state index contributed by atoms with van der Waals surface area (Å²) in [5.41, 5.74) is 0. The molecule has 1 aliphatic carbocycles. The van der Waals surface area contributed by atoms with Gasteiger partial charge in [-0.15, -0.1) is 0 Å². The number of aromatic nitrogens is 2. The van der Waals surface area contributed by atoms with Crippen LogP contribution in [0.3, 0.4) is 0 Å². The van der Waals surface area contributed by atoms with Crippen molar-refractivity contribution in [3.63, 3.8) is 0 Å². The Hall–Kier alpha value is -0.680.